The quantitative estimate of drug-likeness (QED) is 0.437. The summed E-state index contributed by atoms with van der Waals surface area (Å²) in [6.07, 6.45) is 0. The lowest BCUT2D eigenvalue weighted by Gasteiger charge is -2.06. The molecule has 0 aromatic heterocycles. The van der Waals surface area contributed by atoms with Gasteiger partial charge in [0.25, 0.3) is 0 Å². The van der Waals surface area contributed by atoms with Crippen LogP contribution in [0.5, 0.6) is 5.75 Å². The van der Waals surface area contributed by atoms with Crippen molar-refractivity contribution in [2.45, 2.75) is 13.8 Å². The third-order valence-electron chi connectivity index (χ3n) is 2.09. The Morgan fingerprint density at radius 2 is 1.86 bits per heavy atom. The third-order valence-corrected chi connectivity index (χ3v) is 2.09. The van der Waals surface area contributed by atoms with Crippen molar-refractivity contribution in [1.29, 1.82) is 0 Å². The minimum absolute atomic E-state index is 0.195. The van der Waals surface area contributed by atoms with Crippen LogP contribution in [0.1, 0.15) is 19.4 Å². The molecule has 0 aliphatic carbocycles. The van der Waals surface area contributed by atoms with E-state index in [-0.39, 0.29) is 5.92 Å². The molecule has 0 saturated heterocycles. The van der Waals surface area contributed by atoms with Crippen LogP contribution in [0.4, 0.5) is 0 Å². The predicted octanol–water partition coefficient (Wildman–Crippen LogP) is 0.719. The maximum atomic E-state index is 10.7. The molecular formula is C11H15NO2. The monoisotopic (exact) mass is 193 g/mol. The molecule has 76 valence electrons. The van der Waals surface area contributed by atoms with Crippen molar-refractivity contribution in [3.63, 3.8) is 0 Å². The molecule has 1 N–H and O–H groups in total. The summed E-state index contributed by atoms with van der Waals surface area (Å²) in [5.74, 6) is 0.989. The van der Waals surface area contributed by atoms with E-state index in [1.54, 1.807) is 7.11 Å². The molecule has 0 saturated carbocycles. The largest absolute Gasteiger partial charge is 0.625 e. The minimum atomic E-state index is 0.195. The smallest absolute Gasteiger partial charge is 0.195 e. The van der Waals surface area contributed by atoms with Crippen molar-refractivity contribution in [2.75, 3.05) is 7.11 Å². The Hall–Kier alpha value is -1.51. The molecule has 0 spiro atoms. The molecule has 0 radical (unpaired) electrons. The highest BCUT2D eigenvalue weighted by Gasteiger charge is 2.12. The molecule has 3 heteroatoms. The fourth-order valence-corrected chi connectivity index (χ4v) is 1.28. The van der Waals surface area contributed by atoms with Gasteiger partial charge in [0.15, 0.2) is 5.71 Å². The number of nitrogens with one attached hydrogen (secondary N) is 1. The summed E-state index contributed by atoms with van der Waals surface area (Å²) in [7, 11) is 1.62. The van der Waals surface area contributed by atoms with Gasteiger partial charge in [0, 0.05) is 11.5 Å². The van der Waals surface area contributed by atoms with E-state index in [0.29, 0.717) is 5.71 Å². The Kier molecular flexibility index (Phi) is 3.51. The molecule has 1 rings (SSSR count). The fourth-order valence-electron chi connectivity index (χ4n) is 1.28. The van der Waals surface area contributed by atoms with E-state index in [1.165, 1.54) is 0 Å². The number of rotatable bonds is 3. The summed E-state index contributed by atoms with van der Waals surface area (Å²) < 4.78 is 5.04. The summed E-state index contributed by atoms with van der Waals surface area (Å²) in [6, 6.07) is 7.43. The van der Waals surface area contributed by atoms with Crippen LogP contribution in [-0.4, -0.2) is 12.8 Å². The minimum Gasteiger partial charge on any atom is -0.625 e. The van der Waals surface area contributed by atoms with E-state index >= 15 is 0 Å². The Morgan fingerprint density at radius 3 is 2.21 bits per heavy atom. The topological polar surface area (TPSA) is 46.3 Å². The van der Waals surface area contributed by atoms with Gasteiger partial charge in [0.2, 0.25) is 0 Å². The first-order valence-corrected chi connectivity index (χ1v) is 4.58. The number of hydrogen-bond acceptors (Lipinski definition) is 2. The second-order valence-corrected chi connectivity index (χ2v) is 3.40. The maximum Gasteiger partial charge on any atom is 0.195 e. The first-order chi connectivity index (χ1) is 6.69. The van der Waals surface area contributed by atoms with Crippen molar-refractivity contribution < 1.29 is 9.89 Å². The second-order valence-electron chi connectivity index (χ2n) is 3.40. The van der Waals surface area contributed by atoms with Crippen molar-refractivity contribution in [3.8, 4) is 5.75 Å². The summed E-state index contributed by atoms with van der Waals surface area (Å²) in [6.45, 7) is 3.95. The average molecular weight is 193 g/mol. The SMILES string of the molecule is COc1ccc(C(=[NH+][O-])C(C)C)cc1. The first-order valence-electron chi connectivity index (χ1n) is 4.58. The number of methoxy groups -OCH3 is 1. The molecule has 0 aliphatic heterocycles. The van der Waals surface area contributed by atoms with Gasteiger partial charge in [0.05, 0.1) is 7.11 Å². The summed E-state index contributed by atoms with van der Waals surface area (Å²) in [5, 5.41) is 12.7. The molecule has 1 aromatic rings. The lowest BCUT2D eigenvalue weighted by molar-refractivity contribution is -0.375. The van der Waals surface area contributed by atoms with Crippen molar-refractivity contribution in [2.24, 2.45) is 5.92 Å². The summed E-state index contributed by atoms with van der Waals surface area (Å²) in [4.78, 5) is 0. The summed E-state index contributed by atoms with van der Waals surface area (Å²) in [5.41, 5.74) is 1.61. The zero-order valence-electron chi connectivity index (χ0n) is 8.70. The highest BCUT2D eigenvalue weighted by molar-refractivity contribution is 5.97. The van der Waals surface area contributed by atoms with Gasteiger partial charge in [-0.3, -0.25) is 0 Å². The van der Waals surface area contributed by atoms with Crippen LogP contribution < -0.4 is 9.89 Å². The lowest BCUT2D eigenvalue weighted by Crippen LogP contribution is -2.67. The Morgan fingerprint density at radius 1 is 1.29 bits per heavy atom. The van der Waals surface area contributed by atoms with Gasteiger partial charge in [-0.25, -0.2) is 5.16 Å². The zero-order valence-corrected chi connectivity index (χ0v) is 8.70. The van der Waals surface area contributed by atoms with Crippen LogP contribution in [0.25, 0.3) is 0 Å². The van der Waals surface area contributed by atoms with Gasteiger partial charge in [-0.15, -0.1) is 0 Å². The van der Waals surface area contributed by atoms with Gasteiger partial charge >= 0.3 is 0 Å². The molecule has 0 aliphatic rings. The van der Waals surface area contributed by atoms with E-state index in [4.69, 9.17) is 4.74 Å². The Balaban J connectivity index is 2.96. The van der Waals surface area contributed by atoms with Gasteiger partial charge in [0.1, 0.15) is 5.75 Å². The zero-order chi connectivity index (χ0) is 10.6. The van der Waals surface area contributed by atoms with Crippen molar-refractivity contribution in [3.05, 3.63) is 35.0 Å². The third kappa shape index (κ3) is 2.25. The summed E-state index contributed by atoms with van der Waals surface area (Å²) >= 11 is 0. The average Bonchev–Trinajstić information content (AvgIpc) is 2.19. The van der Waals surface area contributed by atoms with E-state index in [0.717, 1.165) is 11.3 Å². The van der Waals surface area contributed by atoms with Crippen LogP contribution in [-0.2, 0) is 0 Å². The maximum absolute atomic E-state index is 10.7. The first kappa shape index (κ1) is 10.6. The molecule has 0 unspecified atom stereocenters. The highest BCUT2D eigenvalue weighted by atomic mass is 16.5. The standard InChI is InChI=1S/C11H15NO2/c1-8(2)11(12-13)9-4-6-10(14-3)7-5-9/h4-8,12H,1-3H3. The molecule has 14 heavy (non-hydrogen) atoms. The van der Waals surface area contributed by atoms with E-state index in [1.807, 2.05) is 43.3 Å². The van der Waals surface area contributed by atoms with Crippen molar-refractivity contribution in [1.82, 2.24) is 0 Å². The predicted molar refractivity (Wildman–Crippen MR) is 56.3 cm³/mol. The van der Waals surface area contributed by atoms with Crippen LogP contribution in [0, 0.1) is 11.1 Å². The molecule has 0 atom stereocenters. The van der Waals surface area contributed by atoms with E-state index < -0.39 is 0 Å². The highest BCUT2D eigenvalue weighted by Crippen LogP contribution is 2.13. The molecule has 0 heterocycles. The molecule has 0 amide bonds. The molecular weight excluding hydrogens is 178 g/mol. The van der Waals surface area contributed by atoms with Crippen LogP contribution >= 0.6 is 0 Å². The van der Waals surface area contributed by atoms with Gasteiger partial charge in [-0.05, 0) is 24.3 Å². The molecule has 3 nitrogen and oxygen atoms in total. The number of benzene rings is 1. The fraction of sp³-hybridized carbons (Fsp3) is 0.364. The molecule has 0 fully saturated rings. The van der Waals surface area contributed by atoms with Gasteiger partial charge < -0.3 is 9.94 Å². The molecule has 1 aromatic carbocycles. The van der Waals surface area contributed by atoms with Crippen LogP contribution in [0.2, 0.25) is 0 Å². The Labute approximate surface area is 84.0 Å². The molecule has 0 bridgehead atoms. The van der Waals surface area contributed by atoms with Gasteiger partial charge in [-0.2, -0.15) is 0 Å². The normalized spacial score (nSPS) is 11.9. The lowest BCUT2D eigenvalue weighted by atomic mass is 10.0. The van der Waals surface area contributed by atoms with Gasteiger partial charge in [-0.1, -0.05) is 13.8 Å². The van der Waals surface area contributed by atoms with E-state index in [9.17, 15) is 5.21 Å². The number of hydrogen-bond donors (Lipinski definition) is 1. The van der Waals surface area contributed by atoms with Crippen LogP contribution in [0.15, 0.2) is 24.3 Å². The number of ether oxygens (including phenoxy) is 1. The van der Waals surface area contributed by atoms with Crippen molar-refractivity contribution >= 4 is 5.71 Å². The van der Waals surface area contributed by atoms with Crippen LogP contribution in [0.3, 0.4) is 0 Å². The second kappa shape index (κ2) is 4.65. The Bertz CT molecular complexity index is 315. The van der Waals surface area contributed by atoms with E-state index in [2.05, 4.69) is 0 Å².